The van der Waals surface area contributed by atoms with Crippen molar-refractivity contribution < 1.29 is 18.0 Å². The topological polar surface area (TPSA) is 68.0 Å². The lowest BCUT2D eigenvalue weighted by Crippen LogP contribution is -2.24. The number of hydrogen-bond donors (Lipinski definition) is 2. The molecule has 0 aliphatic rings. The maximum atomic E-state index is 12.6. The highest BCUT2D eigenvalue weighted by Crippen LogP contribution is 2.31. The fourth-order valence-corrected chi connectivity index (χ4v) is 2.08. The third-order valence-corrected chi connectivity index (χ3v) is 3.29. The summed E-state index contributed by atoms with van der Waals surface area (Å²) in [6.45, 7) is 0.145. The first-order valence-electron chi connectivity index (χ1n) is 5.51. The van der Waals surface area contributed by atoms with Gasteiger partial charge in [-0.15, -0.1) is 11.3 Å². The van der Waals surface area contributed by atoms with Crippen molar-refractivity contribution in [3.05, 3.63) is 45.9 Å². The van der Waals surface area contributed by atoms with Gasteiger partial charge in [-0.25, -0.2) is 4.98 Å². The molecule has 1 aromatic carbocycles. The van der Waals surface area contributed by atoms with Gasteiger partial charge in [0.1, 0.15) is 5.01 Å². The maximum absolute atomic E-state index is 12.6. The SMILES string of the molecule is Nc1ccc(C(F)(F)F)cc1C(=O)NCc1nccs1. The molecule has 0 aliphatic heterocycles. The van der Waals surface area contributed by atoms with E-state index in [1.165, 1.54) is 11.3 Å². The van der Waals surface area contributed by atoms with Crippen LogP contribution in [-0.2, 0) is 12.7 Å². The molecule has 3 N–H and O–H groups in total. The highest BCUT2D eigenvalue weighted by Gasteiger charge is 2.31. The summed E-state index contributed by atoms with van der Waals surface area (Å²) in [6, 6.07) is 2.65. The number of rotatable bonds is 3. The Morgan fingerprint density at radius 2 is 2.15 bits per heavy atom. The lowest BCUT2D eigenvalue weighted by Gasteiger charge is -2.11. The molecule has 0 radical (unpaired) electrons. The van der Waals surface area contributed by atoms with Crippen LogP contribution in [0, 0.1) is 0 Å². The fraction of sp³-hybridized carbons (Fsp3) is 0.167. The molecule has 0 unspecified atom stereocenters. The number of nitrogens with one attached hydrogen (secondary N) is 1. The van der Waals surface area contributed by atoms with Gasteiger partial charge in [0.05, 0.1) is 17.7 Å². The summed E-state index contributed by atoms with van der Waals surface area (Å²) in [4.78, 5) is 15.8. The monoisotopic (exact) mass is 301 g/mol. The lowest BCUT2D eigenvalue weighted by atomic mass is 10.1. The number of carbonyl (C=O) groups is 1. The Morgan fingerprint density at radius 3 is 2.75 bits per heavy atom. The van der Waals surface area contributed by atoms with Crippen LogP contribution in [0.15, 0.2) is 29.8 Å². The summed E-state index contributed by atoms with van der Waals surface area (Å²) in [7, 11) is 0. The van der Waals surface area contributed by atoms with Gasteiger partial charge < -0.3 is 11.1 Å². The zero-order chi connectivity index (χ0) is 14.8. The van der Waals surface area contributed by atoms with Crippen molar-refractivity contribution in [1.29, 1.82) is 0 Å². The van der Waals surface area contributed by atoms with E-state index in [1.54, 1.807) is 11.6 Å². The minimum Gasteiger partial charge on any atom is -0.398 e. The molecule has 2 rings (SSSR count). The van der Waals surface area contributed by atoms with Gasteiger partial charge in [0.25, 0.3) is 5.91 Å². The number of aromatic nitrogens is 1. The Labute approximate surface area is 116 Å². The number of halogens is 3. The van der Waals surface area contributed by atoms with Crippen molar-refractivity contribution in [3.8, 4) is 0 Å². The van der Waals surface area contributed by atoms with E-state index in [-0.39, 0.29) is 17.8 Å². The number of amides is 1. The Kier molecular flexibility index (Phi) is 3.93. The fourth-order valence-electron chi connectivity index (χ4n) is 1.52. The second-order valence-electron chi connectivity index (χ2n) is 3.91. The maximum Gasteiger partial charge on any atom is 0.416 e. The molecule has 2 aromatic rings. The quantitative estimate of drug-likeness (QED) is 0.856. The molecule has 4 nitrogen and oxygen atoms in total. The lowest BCUT2D eigenvalue weighted by molar-refractivity contribution is -0.137. The summed E-state index contributed by atoms with van der Waals surface area (Å²) in [5.74, 6) is -0.663. The van der Waals surface area contributed by atoms with Gasteiger partial charge in [0.15, 0.2) is 0 Å². The predicted molar refractivity (Wildman–Crippen MR) is 69.1 cm³/mol. The van der Waals surface area contributed by atoms with Gasteiger partial charge in [-0.1, -0.05) is 0 Å². The highest BCUT2D eigenvalue weighted by atomic mass is 32.1. The molecular formula is C12H10F3N3OS. The number of nitrogen functional groups attached to an aromatic ring is 1. The number of carbonyl (C=O) groups excluding carboxylic acids is 1. The Balaban J connectivity index is 2.16. The molecule has 0 aliphatic carbocycles. The van der Waals surface area contributed by atoms with Crippen LogP contribution in [0.1, 0.15) is 20.9 Å². The molecule has 0 saturated carbocycles. The van der Waals surface area contributed by atoms with Crippen LogP contribution in [0.25, 0.3) is 0 Å². The number of thiazole rings is 1. The summed E-state index contributed by atoms with van der Waals surface area (Å²) >= 11 is 1.33. The molecule has 1 heterocycles. The van der Waals surface area contributed by atoms with E-state index in [4.69, 9.17) is 5.73 Å². The molecule has 0 spiro atoms. The molecular weight excluding hydrogens is 291 g/mol. The highest BCUT2D eigenvalue weighted by molar-refractivity contribution is 7.09. The van der Waals surface area contributed by atoms with Gasteiger partial charge in [0.2, 0.25) is 0 Å². The van der Waals surface area contributed by atoms with Crippen molar-refractivity contribution in [3.63, 3.8) is 0 Å². The van der Waals surface area contributed by atoms with E-state index in [2.05, 4.69) is 10.3 Å². The second kappa shape index (κ2) is 5.49. The van der Waals surface area contributed by atoms with Crippen LogP contribution < -0.4 is 11.1 Å². The molecule has 1 aromatic heterocycles. The Hall–Kier alpha value is -2.09. The van der Waals surface area contributed by atoms with Crippen molar-refractivity contribution in [2.24, 2.45) is 0 Å². The van der Waals surface area contributed by atoms with Gasteiger partial charge in [-0.05, 0) is 18.2 Å². The van der Waals surface area contributed by atoms with Crippen molar-refractivity contribution in [2.75, 3.05) is 5.73 Å². The molecule has 8 heteroatoms. The Morgan fingerprint density at radius 1 is 1.40 bits per heavy atom. The van der Waals surface area contributed by atoms with Crippen LogP contribution >= 0.6 is 11.3 Å². The van der Waals surface area contributed by atoms with Gasteiger partial charge >= 0.3 is 6.18 Å². The summed E-state index contributed by atoms with van der Waals surface area (Å²) < 4.78 is 37.8. The predicted octanol–water partition coefficient (Wildman–Crippen LogP) is 2.67. The summed E-state index contributed by atoms with van der Waals surface area (Å²) in [6.07, 6.45) is -2.94. The first-order chi connectivity index (χ1) is 9.38. The van der Waals surface area contributed by atoms with Crippen molar-refractivity contribution in [1.82, 2.24) is 10.3 Å². The van der Waals surface area contributed by atoms with Gasteiger partial charge in [-0.3, -0.25) is 4.79 Å². The number of benzene rings is 1. The van der Waals surface area contributed by atoms with Crippen LogP contribution in [-0.4, -0.2) is 10.9 Å². The average molecular weight is 301 g/mol. The van der Waals surface area contributed by atoms with E-state index in [0.717, 1.165) is 18.2 Å². The smallest absolute Gasteiger partial charge is 0.398 e. The number of nitrogens with two attached hydrogens (primary N) is 1. The van der Waals surface area contributed by atoms with E-state index >= 15 is 0 Å². The third kappa shape index (κ3) is 3.27. The van der Waals surface area contributed by atoms with Gasteiger partial charge in [-0.2, -0.15) is 13.2 Å². The van der Waals surface area contributed by atoms with E-state index in [9.17, 15) is 18.0 Å². The number of nitrogens with zero attached hydrogens (tertiary/aromatic N) is 1. The zero-order valence-electron chi connectivity index (χ0n) is 10.1. The van der Waals surface area contributed by atoms with E-state index in [0.29, 0.717) is 5.01 Å². The van der Waals surface area contributed by atoms with Crippen LogP contribution in [0.2, 0.25) is 0 Å². The molecule has 0 atom stereocenters. The molecule has 20 heavy (non-hydrogen) atoms. The minimum atomic E-state index is -4.52. The average Bonchev–Trinajstić information content (AvgIpc) is 2.88. The van der Waals surface area contributed by atoms with Crippen molar-refractivity contribution >= 4 is 22.9 Å². The number of alkyl halides is 3. The van der Waals surface area contributed by atoms with E-state index < -0.39 is 17.6 Å². The third-order valence-electron chi connectivity index (χ3n) is 2.51. The first kappa shape index (κ1) is 14.3. The minimum absolute atomic E-state index is 0.00496. The molecule has 106 valence electrons. The number of anilines is 1. The van der Waals surface area contributed by atoms with Crippen LogP contribution in [0.4, 0.5) is 18.9 Å². The standard InChI is InChI=1S/C12H10F3N3OS/c13-12(14,15)7-1-2-9(16)8(5-7)11(19)18-6-10-17-3-4-20-10/h1-5H,6,16H2,(H,18,19). The molecule has 0 bridgehead atoms. The summed E-state index contributed by atoms with van der Waals surface area (Å²) in [5, 5.41) is 4.88. The largest absolute Gasteiger partial charge is 0.416 e. The zero-order valence-corrected chi connectivity index (χ0v) is 10.9. The summed E-state index contributed by atoms with van der Waals surface area (Å²) in [5.41, 5.74) is 4.43. The normalized spacial score (nSPS) is 11.3. The van der Waals surface area contributed by atoms with Crippen molar-refractivity contribution in [2.45, 2.75) is 12.7 Å². The number of hydrogen-bond acceptors (Lipinski definition) is 4. The van der Waals surface area contributed by atoms with Crippen LogP contribution in [0.3, 0.4) is 0 Å². The molecule has 0 saturated heterocycles. The first-order valence-corrected chi connectivity index (χ1v) is 6.39. The second-order valence-corrected chi connectivity index (χ2v) is 4.89. The van der Waals surface area contributed by atoms with E-state index in [1.807, 2.05) is 0 Å². The van der Waals surface area contributed by atoms with Gasteiger partial charge in [0, 0.05) is 17.3 Å². The van der Waals surface area contributed by atoms with Crippen LogP contribution in [0.5, 0.6) is 0 Å². The Bertz CT molecular complexity index is 611. The molecule has 0 fully saturated rings. The molecule has 1 amide bonds.